The van der Waals surface area contributed by atoms with Gasteiger partial charge in [0.25, 0.3) is 0 Å². The molecule has 5 rings (SSSR count). The van der Waals surface area contributed by atoms with Crippen molar-refractivity contribution >= 4 is 28.2 Å². The van der Waals surface area contributed by atoms with Crippen molar-refractivity contribution in [2.75, 3.05) is 30.9 Å². The van der Waals surface area contributed by atoms with Crippen LogP contribution < -0.4 is 10.2 Å². The summed E-state index contributed by atoms with van der Waals surface area (Å²) in [7, 11) is 3.85. The third kappa shape index (κ3) is 3.54. The maximum absolute atomic E-state index is 13.7. The molecule has 0 radical (unpaired) electrons. The molecule has 0 amide bonds. The third-order valence-corrected chi connectivity index (χ3v) is 5.15. The number of nitrogens with zero attached hydrogens (tertiary/aromatic N) is 6. The van der Waals surface area contributed by atoms with Crippen LogP contribution in [0.25, 0.3) is 27.9 Å². The van der Waals surface area contributed by atoms with Crippen molar-refractivity contribution in [3.63, 3.8) is 0 Å². The zero-order chi connectivity index (χ0) is 21.4. The van der Waals surface area contributed by atoms with Crippen LogP contribution in [0.3, 0.4) is 0 Å². The van der Waals surface area contributed by atoms with E-state index >= 15 is 0 Å². The Bertz CT molecular complexity index is 1370. The van der Waals surface area contributed by atoms with E-state index in [1.807, 2.05) is 37.3 Å². The Morgan fingerprint density at radius 1 is 1.13 bits per heavy atom. The van der Waals surface area contributed by atoms with Crippen LogP contribution in [0.2, 0.25) is 0 Å². The van der Waals surface area contributed by atoms with Gasteiger partial charge in [-0.2, -0.15) is 14.6 Å². The maximum Gasteiger partial charge on any atom is 0.228 e. The summed E-state index contributed by atoms with van der Waals surface area (Å²) in [6.45, 7) is 0.645. The van der Waals surface area contributed by atoms with Crippen LogP contribution in [-0.4, -0.2) is 50.2 Å². The first-order chi connectivity index (χ1) is 15.1. The Kier molecular flexibility index (Phi) is 4.70. The van der Waals surface area contributed by atoms with Crippen molar-refractivity contribution < 1.29 is 4.39 Å². The molecule has 1 aromatic carbocycles. The van der Waals surface area contributed by atoms with Gasteiger partial charge < -0.3 is 15.2 Å². The molecule has 2 N–H and O–H groups in total. The second-order valence-corrected chi connectivity index (χ2v) is 7.46. The molecule has 156 valence electrons. The monoisotopic (exact) mass is 416 g/mol. The average Bonchev–Trinajstić information content (AvgIpc) is 3.38. The predicted molar refractivity (Wildman–Crippen MR) is 119 cm³/mol. The summed E-state index contributed by atoms with van der Waals surface area (Å²) in [6.07, 6.45) is 7.28. The second-order valence-electron chi connectivity index (χ2n) is 7.46. The Hall–Kier alpha value is -4.01. The Labute approximate surface area is 177 Å². The van der Waals surface area contributed by atoms with E-state index in [1.165, 1.54) is 17.0 Å². The topological polar surface area (TPSA) is 87.0 Å². The van der Waals surface area contributed by atoms with Gasteiger partial charge in [0.2, 0.25) is 5.95 Å². The van der Waals surface area contributed by atoms with Crippen LogP contribution in [0.5, 0.6) is 0 Å². The highest BCUT2D eigenvalue weighted by atomic mass is 19.1. The third-order valence-electron chi connectivity index (χ3n) is 5.15. The zero-order valence-corrected chi connectivity index (χ0v) is 17.2. The highest BCUT2D eigenvalue weighted by Gasteiger charge is 2.16. The fraction of sp³-hybridized carbons (Fsp3) is 0.182. The van der Waals surface area contributed by atoms with Gasteiger partial charge in [-0.3, -0.25) is 4.98 Å². The average molecular weight is 416 g/mol. The minimum atomic E-state index is -0.434. The summed E-state index contributed by atoms with van der Waals surface area (Å²) in [5.74, 6) is 0.492. The standard InChI is InChI=1S/C22H21FN8/c1-30(2)19-13-27-31-21(19)28-20(15-9-16(23)12-24-10-15)29-22(31)25-8-7-14-11-26-18-6-4-3-5-17(14)18/h3-6,9-13,26H,7-8H2,1-2H3,(H,25,28,29). The summed E-state index contributed by atoms with van der Waals surface area (Å²) in [6, 6.07) is 9.59. The van der Waals surface area contributed by atoms with Crippen molar-refractivity contribution in [1.82, 2.24) is 29.5 Å². The van der Waals surface area contributed by atoms with Gasteiger partial charge in [-0.15, -0.1) is 0 Å². The molecule has 4 aromatic heterocycles. The minimum Gasteiger partial charge on any atom is -0.373 e. The van der Waals surface area contributed by atoms with Gasteiger partial charge in [-0.1, -0.05) is 18.2 Å². The normalized spacial score (nSPS) is 11.3. The van der Waals surface area contributed by atoms with Gasteiger partial charge in [0.05, 0.1) is 12.4 Å². The molecule has 8 nitrogen and oxygen atoms in total. The van der Waals surface area contributed by atoms with Crippen LogP contribution in [0.4, 0.5) is 16.0 Å². The zero-order valence-electron chi connectivity index (χ0n) is 17.2. The molecule has 0 bridgehead atoms. The van der Waals surface area contributed by atoms with E-state index in [0.717, 1.165) is 23.8 Å². The minimum absolute atomic E-state index is 0.387. The number of benzene rings is 1. The number of anilines is 2. The lowest BCUT2D eigenvalue weighted by Crippen LogP contribution is -2.13. The highest BCUT2D eigenvalue weighted by Crippen LogP contribution is 2.24. The van der Waals surface area contributed by atoms with Gasteiger partial charge in [-0.05, 0) is 24.1 Å². The van der Waals surface area contributed by atoms with Crippen molar-refractivity contribution in [2.45, 2.75) is 6.42 Å². The molecule has 0 aliphatic rings. The molecule has 5 aromatic rings. The number of fused-ring (bicyclic) bond motifs is 2. The summed E-state index contributed by atoms with van der Waals surface area (Å²) < 4.78 is 15.4. The molecular weight excluding hydrogens is 395 g/mol. The lowest BCUT2D eigenvalue weighted by molar-refractivity contribution is 0.622. The molecule has 0 aliphatic heterocycles. The summed E-state index contributed by atoms with van der Waals surface area (Å²) in [4.78, 5) is 18.4. The first-order valence-corrected chi connectivity index (χ1v) is 9.93. The van der Waals surface area contributed by atoms with Gasteiger partial charge in [-0.25, -0.2) is 9.37 Å². The van der Waals surface area contributed by atoms with E-state index in [-0.39, 0.29) is 0 Å². The molecule has 0 saturated carbocycles. The lowest BCUT2D eigenvalue weighted by atomic mass is 10.1. The number of pyridine rings is 1. The Balaban J connectivity index is 1.49. The van der Waals surface area contributed by atoms with Crippen LogP contribution in [0, 0.1) is 5.82 Å². The van der Waals surface area contributed by atoms with E-state index in [2.05, 4.69) is 42.5 Å². The molecule has 0 atom stereocenters. The van der Waals surface area contributed by atoms with E-state index in [9.17, 15) is 4.39 Å². The first kappa shape index (κ1) is 19.0. The number of halogens is 1. The Morgan fingerprint density at radius 2 is 2.00 bits per heavy atom. The number of nitrogens with one attached hydrogen (secondary N) is 2. The fourth-order valence-corrected chi connectivity index (χ4v) is 3.61. The fourth-order valence-electron chi connectivity index (χ4n) is 3.61. The number of para-hydroxylation sites is 1. The molecule has 0 spiro atoms. The van der Waals surface area contributed by atoms with Crippen molar-refractivity contribution in [2.24, 2.45) is 0 Å². The quantitative estimate of drug-likeness (QED) is 0.440. The molecule has 0 saturated heterocycles. The smallest absolute Gasteiger partial charge is 0.228 e. The number of aromatic amines is 1. The second kappa shape index (κ2) is 7.67. The SMILES string of the molecule is CN(C)c1cnn2c(NCCc3c[nH]c4ccccc34)nc(-c3cncc(F)c3)nc12. The summed E-state index contributed by atoms with van der Waals surface area (Å²) in [5.41, 5.74) is 4.32. The van der Waals surface area contributed by atoms with Gasteiger partial charge in [0.1, 0.15) is 11.5 Å². The summed E-state index contributed by atoms with van der Waals surface area (Å²) in [5, 5.41) is 9.03. The van der Waals surface area contributed by atoms with Crippen LogP contribution in [0.1, 0.15) is 5.56 Å². The molecule has 31 heavy (non-hydrogen) atoms. The molecule has 0 aliphatic carbocycles. The molecule has 9 heteroatoms. The number of H-pyrrole nitrogens is 1. The Morgan fingerprint density at radius 3 is 2.84 bits per heavy atom. The largest absolute Gasteiger partial charge is 0.373 e. The predicted octanol–water partition coefficient (Wildman–Crippen LogP) is 3.53. The maximum atomic E-state index is 13.7. The van der Waals surface area contributed by atoms with Crippen molar-refractivity contribution in [3.8, 4) is 11.4 Å². The van der Waals surface area contributed by atoms with Gasteiger partial charge >= 0.3 is 0 Å². The molecule has 4 heterocycles. The number of hydrogen-bond acceptors (Lipinski definition) is 6. The highest BCUT2D eigenvalue weighted by molar-refractivity contribution is 5.83. The number of aromatic nitrogens is 6. The summed E-state index contributed by atoms with van der Waals surface area (Å²) >= 11 is 0. The number of rotatable bonds is 6. The van der Waals surface area contributed by atoms with Gasteiger partial charge in [0.15, 0.2) is 11.5 Å². The van der Waals surface area contributed by atoms with Crippen LogP contribution in [-0.2, 0) is 6.42 Å². The van der Waals surface area contributed by atoms with E-state index in [0.29, 0.717) is 29.5 Å². The van der Waals surface area contributed by atoms with Crippen molar-refractivity contribution in [3.05, 3.63) is 66.5 Å². The first-order valence-electron chi connectivity index (χ1n) is 9.93. The molecule has 0 unspecified atom stereocenters. The van der Waals surface area contributed by atoms with Crippen LogP contribution in [0.15, 0.2) is 55.1 Å². The van der Waals surface area contributed by atoms with E-state index < -0.39 is 5.82 Å². The molecule has 0 fully saturated rings. The molecular formula is C22H21FN8. The number of hydrogen-bond donors (Lipinski definition) is 2. The van der Waals surface area contributed by atoms with E-state index in [4.69, 9.17) is 0 Å². The van der Waals surface area contributed by atoms with Gasteiger partial charge in [0, 0.05) is 49.5 Å². The lowest BCUT2D eigenvalue weighted by Gasteiger charge is -2.12. The van der Waals surface area contributed by atoms with Crippen molar-refractivity contribution in [1.29, 1.82) is 0 Å². The van der Waals surface area contributed by atoms with E-state index in [1.54, 1.807) is 16.9 Å². The van der Waals surface area contributed by atoms with Crippen LogP contribution >= 0.6 is 0 Å².